The highest BCUT2D eigenvalue weighted by molar-refractivity contribution is 8.00. The Bertz CT molecular complexity index is 1140. The summed E-state index contributed by atoms with van der Waals surface area (Å²) in [6, 6.07) is 11.3. The predicted molar refractivity (Wildman–Crippen MR) is 112 cm³/mol. The second-order valence-corrected chi connectivity index (χ2v) is 8.57. The fourth-order valence-corrected chi connectivity index (χ4v) is 5.29. The lowest BCUT2D eigenvalue weighted by molar-refractivity contribution is -0.113. The second-order valence-electron chi connectivity index (χ2n) is 6.50. The van der Waals surface area contributed by atoms with E-state index in [1.807, 2.05) is 0 Å². The quantitative estimate of drug-likeness (QED) is 0.597. The van der Waals surface area contributed by atoms with Crippen LogP contribution in [0, 0.1) is 22.7 Å². The minimum Gasteiger partial charge on any atom is -0.463 e. The lowest BCUT2D eigenvalue weighted by Gasteiger charge is -2.09. The maximum atomic E-state index is 12.5. The molecular formula is C21H16N4O2S2. The number of thiophene rings is 1. The van der Waals surface area contributed by atoms with Crippen LogP contribution in [0.2, 0.25) is 0 Å². The monoisotopic (exact) mass is 420 g/mol. The molecule has 0 saturated heterocycles. The molecule has 3 aromatic heterocycles. The number of pyridine rings is 1. The fourth-order valence-electron chi connectivity index (χ4n) is 3.27. The molecule has 0 atom stereocenters. The molecule has 0 fully saturated rings. The molecule has 3 heterocycles. The van der Waals surface area contributed by atoms with E-state index in [0.29, 0.717) is 32.6 Å². The van der Waals surface area contributed by atoms with Crippen molar-refractivity contribution in [1.82, 2.24) is 4.98 Å². The van der Waals surface area contributed by atoms with Gasteiger partial charge in [-0.15, -0.1) is 11.3 Å². The standard InChI is InChI=1S/C21H16N4O2S2/c22-10-13-7-8-16(17-5-3-9-27-17)24-20(13)28-12-19(26)25-21-15(11-23)14-4-1-2-6-18(14)29-21/h3,5,7-9H,1-2,4,6,12H2,(H,25,26). The van der Waals surface area contributed by atoms with Crippen LogP contribution in [0.1, 0.15) is 34.4 Å². The summed E-state index contributed by atoms with van der Waals surface area (Å²) >= 11 is 2.69. The number of nitrogens with one attached hydrogen (secondary N) is 1. The van der Waals surface area contributed by atoms with Gasteiger partial charge >= 0.3 is 0 Å². The number of carbonyl (C=O) groups is 1. The Labute approximate surface area is 176 Å². The van der Waals surface area contributed by atoms with Gasteiger partial charge in [0.05, 0.1) is 23.1 Å². The molecule has 4 rings (SSSR count). The summed E-state index contributed by atoms with van der Waals surface area (Å²) in [6.07, 6.45) is 5.62. The molecular weight excluding hydrogens is 404 g/mol. The number of nitriles is 2. The van der Waals surface area contributed by atoms with E-state index in [4.69, 9.17) is 4.42 Å². The largest absolute Gasteiger partial charge is 0.463 e. The number of hydrogen-bond donors (Lipinski definition) is 1. The van der Waals surface area contributed by atoms with Crippen molar-refractivity contribution in [2.45, 2.75) is 30.7 Å². The summed E-state index contributed by atoms with van der Waals surface area (Å²) in [7, 11) is 0. The molecule has 3 aromatic rings. The molecule has 1 aliphatic carbocycles. The van der Waals surface area contributed by atoms with Crippen LogP contribution in [0.25, 0.3) is 11.5 Å². The molecule has 0 aliphatic heterocycles. The predicted octanol–water partition coefficient (Wildman–Crippen LogP) is 4.76. The first kappa shape index (κ1) is 19.3. The first-order valence-electron chi connectivity index (χ1n) is 9.12. The number of aryl methyl sites for hydroxylation is 1. The molecule has 0 saturated carbocycles. The minimum atomic E-state index is -0.223. The zero-order chi connectivity index (χ0) is 20.2. The zero-order valence-electron chi connectivity index (χ0n) is 15.4. The number of thioether (sulfide) groups is 1. The molecule has 1 aliphatic rings. The van der Waals surface area contributed by atoms with Crippen molar-refractivity contribution in [3.05, 3.63) is 52.1 Å². The van der Waals surface area contributed by atoms with Crippen LogP contribution in [0.5, 0.6) is 0 Å². The van der Waals surface area contributed by atoms with Gasteiger partial charge < -0.3 is 9.73 Å². The van der Waals surface area contributed by atoms with Crippen LogP contribution in [0.4, 0.5) is 5.00 Å². The van der Waals surface area contributed by atoms with E-state index in [2.05, 4.69) is 22.4 Å². The Balaban J connectivity index is 1.48. The van der Waals surface area contributed by atoms with Gasteiger partial charge in [0.1, 0.15) is 27.9 Å². The summed E-state index contributed by atoms with van der Waals surface area (Å²) in [5.74, 6) is 0.472. The molecule has 0 spiro atoms. The van der Waals surface area contributed by atoms with Crippen LogP contribution >= 0.6 is 23.1 Å². The van der Waals surface area contributed by atoms with E-state index in [-0.39, 0.29) is 11.7 Å². The van der Waals surface area contributed by atoms with Crippen molar-refractivity contribution >= 4 is 34.0 Å². The van der Waals surface area contributed by atoms with Gasteiger partial charge in [-0.05, 0) is 55.5 Å². The van der Waals surface area contributed by atoms with Crippen LogP contribution in [-0.4, -0.2) is 16.6 Å². The number of furan rings is 1. The van der Waals surface area contributed by atoms with Crippen molar-refractivity contribution in [3.8, 4) is 23.6 Å². The zero-order valence-corrected chi connectivity index (χ0v) is 17.0. The van der Waals surface area contributed by atoms with Crippen molar-refractivity contribution in [1.29, 1.82) is 10.5 Å². The average Bonchev–Trinajstić information content (AvgIpc) is 3.39. The van der Waals surface area contributed by atoms with Crippen LogP contribution < -0.4 is 5.32 Å². The highest BCUT2D eigenvalue weighted by Crippen LogP contribution is 2.37. The van der Waals surface area contributed by atoms with Gasteiger partial charge in [0.15, 0.2) is 5.76 Å². The van der Waals surface area contributed by atoms with Gasteiger partial charge in [0.2, 0.25) is 5.91 Å². The number of amides is 1. The number of anilines is 1. The summed E-state index contributed by atoms with van der Waals surface area (Å²) < 4.78 is 5.35. The normalized spacial score (nSPS) is 12.6. The lowest BCUT2D eigenvalue weighted by atomic mass is 9.96. The Morgan fingerprint density at radius 3 is 2.86 bits per heavy atom. The third-order valence-electron chi connectivity index (χ3n) is 4.63. The molecule has 29 heavy (non-hydrogen) atoms. The van der Waals surface area contributed by atoms with E-state index >= 15 is 0 Å². The molecule has 8 heteroatoms. The Morgan fingerprint density at radius 2 is 2.10 bits per heavy atom. The molecule has 1 N–H and O–H groups in total. The van der Waals surface area contributed by atoms with Crippen molar-refractivity contribution in [2.24, 2.45) is 0 Å². The summed E-state index contributed by atoms with van der Waals surface area (Å²) in [5.41, 5.74) is 2.70. The van der Waals surface area contributed by atoms with E-state index < -0.39 is 0 Å². The number of hydrogen-bond acceptors (Lipinski definition) is 7. The molecule has 0 aromatic carbocycles. The summed E-state index contributed by atoms with van der Waals surface area (Å²) in [5, 5.41) is 22.8. The van der Waals surface area contributed by atoms with Gasteiger partial charge in [-0.1, -0.05) is 11.8 Å². The lowest BCUT2D eigenvalue weighted by Crippen LogP contribution is -2.14. The maximum Gasteiger partial charge on any atom is 0.235 e. The first-order valence-corrected chi connectivity index (χ1v) is 10.9. The summed E-state index contributed by atoms with van der Waals surface area (Å²) in [6.45, 7) is 0. The fraction of sp³-hybridized carbons (Fsp3) is 0.238. The van der Waals surface area contributed by atoms with Crippen molar-refractivity contribution in [3.63, 3.8) is 0 Å². The Morgan fingerprint density at radius 1 is 1.24 bits per heavy atom. The molecule has 0 radical (unpaired) electrons. The third kappa shape index (κ3) is 4.04. The topological polar surface area (TPSA) is 103 Å². The summed E-state index contributed by atoms with van der Waals surface area (Å²) in [4.78, 5) is 18.2. The highest BCUT2D eigenvalue weighted by Gasteiger charge is 2.22. The highest BCUT2D eigenvalue weighted by atomic mass is 32.2. The Kier molecular flexibility index (Phi) is 5.66. The number of aromatic nitrogens is 1. The van der Waals surface area contributed by atoms with Crippen molar-refractivity contribution in [2.75, 3.05) is 11.1 Å². The first-order chi connectivity index (χ1) is 14.2. The smallest absolute Gasteiger partial charge is 0.235 e. The van der Waals surface area contributed by atoms with Crippen molar-refractivity contribution < 1.29 is 9.21 Å². The van der Waals surface area contributed by atoms with Crippen LogP contribution in [-0.2, 0) is 17.6 Å². The SMILES string of the molecule is N#Cc1ccc(-c2ccco2)nc1SCC(=O)Nc1sc2c(c1C#N)CCCC2. The minimum absolute atomic E-state index is 0.0940. The number of carbonyl (C=O) groups excluding carboxylic acids is 1. The van der Waals surface area contributed by atoms with E-state index in [0.717, 1.165) is 31.2 Å². The van der Waals surface area contributed by atoms with Gasteiger partial charge in [0, 0.05) is 4.88 Å². The third-order valence-corrected chi connectivity index (χ3v) is 6.83. The second kappa shape index (κ2) is 8.52. The number of nitrogens with zero attached hydrogens (tertiary/aromatic N) is 3. The molecule has 0 bridgehead atoms. The van der Waals surface area contributed by atoms with Crippen LogP contribution in [0.3, 0.4) is 0 Å². The van der Waals surface area contributed by atoms with E-state index in [1.54, 1.807) is 30.5 Å². The average molecular weight is 421 g/mol. The number of fused-ring (bicyclic) bond motifs is 1. The van der Waals surface area contributed by atoms with Crippen LogP contribution in [0.15, 0.2) is 40.0 Å². The van der Waals surface area contributed by atoms with Gasteiger partial charge in [0.25, 0.3) is 0 Å². The van der Waals surface area contributed by atoms with Gasteiger partial charge in [-0.25, -0.2) is 4.98 Å². The van der Waals surface area contributed by atoms with E-state index in [9.17, 15) is 15.3 Å². The van der Waals surface area contributed by atoms with E-state index in [1.165, 1.54) is 28.0 Å². The number of rotatable bonds is 5. The molecule has 144 valence electrons. The molecule has 0 unspecified atom stereocenters. The molecule has 6 nitrogen and oxygen atoms in total. The van der Waals surface area contributed by atoms with Gasteiger partial charge in [-0.3, -0.25) is 4.79 Å². The molecule has 1 amide bonds. The van der Waals surface area contributed by atoms with Gasteiger partial charge in [-0.2, -0.15) is 10.5 Å². The maximum absolute atomic E-state index is 12.5. The Hall–Kier alpha value is -3.07.